The summed E-state index contributed by atoms with van der Waals surface area (Å²) in [6.07, 6.45) is -4.22. The molecule has 19 heavy (non-hydrogen) atoms. The lowest BCUT2D eigenvalue weighted by atomic mass is 10.1. The third-order valence-corrected chi connectivity index (χ3v) is 2.55. The van der Waals surface area contributed by atoms with Crippen molar-refractivity contribution in [3.05, 3.63) is 52.9 Å². The lowest BCUT2D eigenvalue weighted by Gasteiger charge is -2.07. The van der Waals surface area contributed by atoms with Crippen molar-refractivity contribution in [3.8, 4) is 0 Å². The molecule has 0 atom stereocenters. The second kappa shape index (κ2) is 4.87. The molecule has 0 aliphatic rings. The first kappa shape index (κ1) is 13.3. The lowest BCUT2D eigenvalue weighted by Crippen LogP contribution is -2.05. The fraction of sp³-hybridized carbons (Fsp3) is 0.231. The van der Waals surface area contributed by atoms with Crippen LogP contribution in [-0.4, -0.2) is 10.9 Å². The van der Waals surface area contributed by atoms with Crippen molar-refractivity contribution >= 4 is 5.78 Å². The molecule has 0 bridgehead atoms. The van der Waals surface area contributed by atoms with Crippen molar-refractivity contribution in [2.24, 2.45) is 0 Å². The van der Waals surface area contributed by atoms with Crippen molar-refractivity contribution in [1.29, 1.82) is 0 Å². The molecule has 0 fully saturated rings. The first-order valence-corrected chi connectivity index (χ1v) is 5.49. The number of hydrogen-bond donors (Lipinski definition) is 0. The highest BCUT2D eigenvalue weighted by atomic mass is 19.4. The standard InChI is InChI=1S/C13H10F3NO2/c1-8(18)12-7-11(19-17-12)6-9-3-2-4-10(5-9)13(14,15)16/h2-5,7H,6H2,1H3. The topological polar surface area (TPSA) is 43.1 Å². The SMILES string of the molecule is CC(=O)c1cc(Cc2cccc(C(F)(F)F)c2)on1. The largest absolute Gasteiger partial charge is 0.416 e. The van der Waals surface area contributed by atoms with Gasteiger partial charge in [-0.05, 0) is 11.6 Å². The highest BCUT2D eigenvalue weighted by molar-refractivity contribution is 5.91. The van der Waals surface area contributed by atoms with Gasteiger partial charge in [-0.25, -0.2) is 0 Å². The minimum absolute atomic E-state index is 0.157. The molecular weight excluding hydrogens is 259 g/mol. The van der Waals surface area contributed by atoms with Crippen LogP contribution in [-0.2, 0) is 12.6 Å². The molecule has 2 rings (SSSR count). The van der Waals surface area contributed by atoms with Crippen LogP contribution in [0.15, 0.2) is 34.9 Å². The van der Waals surface area contributed by atoms with Gasteiger partial charge in [0.15, 0.2) is 5.78 Å². The smallest absolute Gasteiger partial charge is 0.360 e. The quantitative estimate of drug-likeness (QED) is 0.801. The first-order chi connectivity index (χ1) is 8.86. The highest BCUT2D eigenvalue weighted by Crippen LogP contribution is 2.30. The Labute approximate surface area is 107 Å². The summed E-state index contributed by atoms with van der Waals surface area (Å²) in [7, 11) is 0. The summed E-state index contributed by atoms with van der Waals surface area (Å²) >= 11 is 0. The Kier molecular flexibility index (Phi) is 3.42. The molecule has 0 saturated heterocycles. The van der Waals surface area contributed by atoms with Crippen LogP contribution in [0.2, 0.25) is 0 Å². The van der Waals surface area contributed by atoms with E-state index in [2.05, 4.69) is 5.16 Å². The molecule has 1 aromatic carbocycles. The van der Waals surface area contributed by atoms with Crippen LogP contribution < -0.4 is 0 Å². The Morgan fingerprint density at radius 1 is 1.32 bits per heavy atom. The fourth-order valence-corrected chi connectivity index (χ4v) is 1.62. The van der Waals surface area contributed by atoms with Gasteiger partial charge in [0.1, 0.15) is 11.5 Å². The van der Waals surface area contributed by atoms with E-state index in [9.17, 15) is 18.0 Å². The van der Waals surface area contributed by atoms with Gasteiger partial charge < -0.3 is 4.52 Å². The first-order valence-electron chi connectivity index (χ1n) is 5.49. The van der Waals surface area contributed by atoms with E-state index in [1.807, 2.05) is 0 Å². The van der Waals surface area contributed by atoms with Gasteiger partial charge in [-0.15, -0.1) is 0 Å². The van der Waals surface area contributed by atoms with E-state index in [0.717, 1.165) is 12.1 Å². The van der Waals surface area contributed by atoms with Crippen LogP contribution in [0.3, 0.4) is 0 Å². The van der Waals surface area contributed by atoms with E-state index >= 15 is 0 Å². The van der Waals surface area contributed by atoms with Crippen LogP contribution in [0.4, 0.5) is 13.2 Å². The van der Waals surface area contributed by atoms with Crippen LogP contribution in [0.5, 0.6) is 0 Å². The van der Waals surface area contributed by atoms with E-state index in [0.29, 0.717) is 11.3 Å². The number of Topliss-reactive ketones (excluding diaryl/α,β-unsaturated/α-hetero) is 1. The van der Waals surface area contributed by atoms with Crippen LogP contribution in [0.1, 0.15) is 34.3 Å². The molecule has 0 unspecified atom stereocenters. The number of hydrogen-bond acceptors (Lipinski definition) is 3. The van der Waals surface area contributed by atoms with Crippen molar-refractivity contribution in [2.75, 3.05) is 0 Å². The van der Waals surface area contributed by atoms with Crippen molar-refractivity contribution in [3.63, 3.8) is 0 Å². The van der Waals surface area contributed by atoms with Crippen molar-refractivity contribution in [2.45, 2.75) is 19.5 Å². The average molecular weight is 269 g/mol. The van der Waals surface area contributed by atoms with Gasteiger partial charge in [-0.3, -0.25) is 4.79 Å². The van der Waals surface area contributed by atoms with Gasteiger partial charge >= 0.3 is 6.18 Å². The maximum atomic E-state index is 12.5. The maximum Gasteiger partial charge on any atom is 0.416 e. The monoisotopic (exact) mass is 269 g/mol. The Balaban J connectivity index is 2.21. The molecule has 0 aliphatic carbocycles. The Bertz CT molecular complexity index is 602. The van der Waals surface area contributed by atoms with Gasteiger partial charge in [0, 0.05) is 19.4 Å². The van der Waals surface area contributed by atoms with Crippen LogP contribution in [0.25, 0.3) is 0 Å². The van der Waals surface area contributed by atoms with Gasteiger partial charge in [-0.1, -0.05) is 23.4 Å². The molecule has 1 heterocycles. The molecule has 0 radical (unpaired) electrons. The van der Waals surface area contributed by atoms with Crippen LogP contribution >= 0.6 is 0 Å². The zero-order valence-electron chi connectivity index (χ0n) is 9.99. The molecule has 6 heteroatoms. The highest BCUT2D eigenvalue weighted by Gasteiger charge is 2.30. The molecule has 0 aliphatic heterocycles. The molecular formula is C13H10F3NO2. The number of benzene rings is 1. The molecule has 0 amide bonds. The zero-order valence-corrected chi connectivity index (χ0v) is 9.99. The van der Waals surface area contributed by atoms with E-state index < -0.39 is 11.7 Å². The predicted octanol–water partition coefficient (Wildman–Crippen LogP) is 3.49. The summed E-state index contributed by atoms with van der Waals surface area (Å²) < 4.78 is 42.5. The number of ketones is 1. The van der Waals surface area contributed by atoms with Gasteiger partial charge in [-0.2, -0.15) is 13.2 Å². The minimum atomic E-state index is -4.37. The maximum absolute atomic E-state index is 12.5. The Morgan fingerprint density at radius 2 is 2.05 bits per heavy atom. The van der Waals surface area contributed by atoms with Crippen molar-refractivity contribution in [1.82, 2.24) is 5.16 Å². The van der Waals surface area contributed by atoms with Gasteiger partial charge in [0.05, 0.1) is 5.56 Å². The van der Waals surface area contributed by atoms with Gasteiger partial charge in [0.2, 0.25) is 0 Å². The third kappa shape index (κ3) is 3.21. The van der Waals surface area contributed by atoms with Crippen molar-refractivity contribution < 1.29 is 22.5 Å². The average Bonchev–Trinajstić information content (AvgIpc) is 2.77. The summed E-state index contributed by atoms with van der Waals surface area (Å²) in [6, 6.07) is 6.38. The number of nitrogens with zero attached hydrogens (tertiary/aromatic N) is 1. The number of halogens is 3. The number of rotatable bonds is 3. The second-order valence-electron chi connectivity index (χ2n) is 4.11. The zero-order chi connectivity index (χ0) is 14.0. The predicted molar refractivity (Wildman–Crippen MR) is 60.8 cm³/mol. The second-order valence-corrected chi connectivity index (χ2v) is 4.11. The third-order valence-electron chi connectivity index (χ3n) is 2.55. The molecule has 0 spiro atoms. The summed E-state index contributed by atoms with van der Waals surface area (Å²) in [5.41, 5.74) is -0.0978. The molecule has 0 saturated carbocycles. The van der Waals surface area contributed by atoms with E-state index in [1.165, 1.54) is 19.1 Å². The Hall–Kier alpha value is -2.11. The molecule has 2 aromatic rings. The number of carbonyl (C=O) groups excluding carboxylic acids is 1. The summed E-state index contributed by atoms with van der Waals surface area (Å²) in [5, 5.41) is 3.54. The number of carbonyl (C=O) groups is 1. The number of aromatic nitrogens is 1. The Morgan fingerprint density at radius 3 is 2.63 bits per heavy atom. The normalized spacial score (nSPS) is 11.6. The van der Waals surface area contributed by atoms with Gasteiger partial charge in [0.25, 0.3) is 0 Å². The molecule has 100 valence electrons. The summed E-state index contributed by atoms with van der Waals surface area (Å²) in [6.45, 7) is 1.34. The van der Waals surface area contributed by atoms with Crippen LogP contribution in [0, 0.1) is 0 Å². The van der Waals surface area contributed by atoms with E-state index in [-0.39, 0.29) is 17.9 Å². The fourth-order valence-electron chi connectivity index (χ4n) is 1.62. The lowest BCUT2D eigenvalue weighted by molar-refractivity contribution is -0.137. The molecule has 1 aromatic heterocycles. The summed E-state index contributed by atoms with van der Waals surface area (Å²) in [4.78, 5) is 11.0. The number of alkyl halides is 3. The van der Waals surface area contributed by atoms with E-state index in [4.69, 9.17) is 4.52 Å². The molecule has 0 N–H and O–H groups in total. The molecule has 3 nitrogen and oxygen atoms in total. The minimum Gasteiger partial charge on any atom is -0.360 e. The van der Waals surface area contributed by atoms with E-state index in [1.54, 1.807) is 6.07 Å². The summed E-state index contributed by atoms with van der Waals surface area (Å²) in [5.74, 6) is 0.101.